The van der Waals surface area contributed by atoms with Crippen LogP contribution in [0.1, 0.15) is 60.3 Å². The third-order valence-corrected chi connectivity index (χ3v) is 4.05. The average Bonchev–Trinajstić information content (AvgIpc) is 2.25. The summed E-state index contributed by atoms with van der Waals surface area (Å²) in [6, 6.07) is 0.545. The lowest BCUT2D eigenvalue weighted by Crippen LogP contribution is -2.60. The Bertz CT molecular complexity index is 336. The Balaban J connectivity index is 2.79. The van der Waals surface area contributed by atoms with E-state index in [0.29, 0.717) is 12.5 Å². The van der Waals surface area contributed by atoms with E-state index in [9.17, 15) is 9.90 Å². The maximum Gasteiger partial charge on any atom is 0.323 e. The Kier molecular flexibility index (Phi) is 5.61. The van der Waals surface area contributed by atoms with Crippen LogP contribution in [-0.4, -0.2) is 47.2 Å². The largest absolute Gasteiger partial charge is 0.480 e. The second kappa shape index (κ2) is 6.44. The van der Waals surface area contributed by atoms with Gasteiger partial charge in [0.1, 0.15) is 5.54 Å². The van der Waals surface area contributed by atoms with Gasteiger partial charge in [0.05, 0.1) is 0 Å². The van der Waals surface area contributed by atoms with E-state index in [-0.39, 0.29) is 11.5 Å². The molecule has 0 heterocycles. The van der Waals surface area contributed by atoms with Gasteiger partial charge in [-0.2, -0.15) is 0 Å². The van der Waals surface area contributed by atoms with Gasteiger partial charge in [0.2, 0.25) is 0 Å². The summed E-state index contributed by atoms with van der Waals surface area (Å²) < 4.78 is 0. The molecule has 1 aliphatic carbocycles. The molecule has 4 heteroatoms. The van der Waals surface area contributed by atoms with Crippen LogP contribution in [0.3, 0.4) is 0 Å². The smallest absolute Gasteiger partial charge is 0.323 e. The maximum absolute atomic E-state index is 11.8. The minimum Gasteiger partial charge on any atom is -0.480 e. The number of hydrogen-bond acceptors (Lipinski definition) is 3. The molecule has 2 N–H and O–H groups in total. The van der Waals surface area contributed by atoms with Crippen LogP contribution in [0.25, 0.3) is 0 Å². The fourth-order valence-electron chi connectivity index (χ4n) is 3.44. The lowest BCUT2D eigenvalue weighted by Gasteiger charge is -2.44. The third kappa shape index (κ3) is 4.74. The summed E-state index contributed by atoms with van der Waals surface area (Å²) in [6.07, 6.45) is 3.51. The third-order valence-electron chi connectivity index (χ3n) is 4.05. The fraction of sp³-hybridized carbons (Fsp3) is 0.938. The van der Waals surface area contributed by atoms with E-state index < -0.39 is 11.5 Å². The number of nitrogens with zero attached hydrogens (tertiary/aromatic N) is 1. The Morgan fingerprint density at radius 2 is 2.05 bits per heavy atom. The number of nitrogens with one attached hydrogen (secondary N) is 1. The lowest BCUT2D eigenvalue weighted by molar-refractivity contribution is -0.148. The molecule has 2 atom stereocenters. The van der Waals surface area contributed by atoms with Crippen LogP contribution in [0.5, 0.6) is 0 Å². The van der Waals surface area contributed by atoms with Crippen LogP contribution in [0.4, 0.5) is 0 Å². The zero-order valence-electron chi connectivity index (χ0n) is 14.0. The van der Waals surface area contributed by atoms with Gasteiger partial charge in [-0.05, 0) is 52.0 Å². The minimum absolute atomic E-state index is 0.192. The topological polar surface area (TPSA) is 52.6 Å². The molecular formula is C16H32N2O2. The molecule has 0 radical (unpaired) electrons. The highest BCUT2D eigenvalue weighted by Gasteiger charge is 2.44. The first-order chi connectivity index (χ1) is 9.06. The van der Waals surface area contributed by atoms with Crippen molar-refractivity contribution >= 4 is 5.97 Å². The molecule has 0 aromatic rings. The quantitative estimate of drug-likeness (QED) is 0.815. The van der Waals surface area contributed by atoms with Crippen molar-refractivity contribution in [3.8, 4) is 0 Å². The van der Waals surface area contributed by atoms with E-state index in [1.807, 2.05) is 13.8 Å². The Labute approximate surface area is 123 Å². The normalized spacial score (nSPS) is 28.1. The molecular weight excluding hydrogens is 252 g/mol. The molecule has 0 spiro atoms. The van der Waals surface area contributed by atoms with Gasteiger partial charge in [-0.3, -0.25) is 10.1 Å². The van der Waals surface area contributed by atoms with Gasteiger partial charge in [-0.25, -0.2) is 0 Å². The van der Waals surface area contributed by atoms with Crippen LogP contribution in [0, 0.1) is 5.41 Å². The van der Waals surface area contributed by atoms with E-state index in [4.69, 9.17) is 0 Å². The van der Waals surface area contributed by atoms with E-state index in [1.165, 1.54) is 0 Å². The zero-order valence-corrected chi connectivity index (χ0v) is 14.0. The number of aliphatic carboxylic acids is 1. The van der Waals surface area contributed by atoms with Crippen molar-refractivity contribution < 1.29 is 9.90 Å². The van der Waals surface area contributed by atoms with Crippen molar-refractivity contribution in [2.45, 2.75) is 77.9 Å². The van der Waals surface area contributed by atoms with E-state index in [1.54, 1.807) is 0 Å². The average molecular weight is 284 g/mol. The molecule has 0 bridgehead atoms. The molecule has 0 saturated heterocycles. The highest BCUT2D eigenvalue weighted by Crippen LogP contribution is 2.32. The van der Waals surface area contributed by atoms with Gasteiger partial charge in [0.15, 0.2) is 0 Å². The lowest BCUT2D eigenvalue weighted by atomic mass is 9.77. The molecule has 1 rings (SSSR count). The monoisotopic (exact) mass is 284 g/mol. The Hall–Kier alpha value is -0.610. The summed E-state index contributed by atoms with van der Waals surface area (Å²) in [5.41, 5.74) is -0.507. The SMILES string of the molecule is CC(C)NC1(C(=O)O)CCCC(N(C)CC(C)(C)C)C1. The maximum atomic E-state index is 11.8. The van der Waals surface area contributed by atoms with Gasteiger partial charge >= 0.3 is 5.97 Å². The summed E-state index contributed by atoms with van der Waals surface area (Å²) in [6.45, 7) is 11.7. The fourth-order valence-corrected chi connectivity index (χ4v) is 3.44. The molecule has 4 nitrogen and oxygen atoms in total. The van der Waals surface area contributed by atoms with E-state index >= 15 is 0 Å². The van der Waals surface area contributed by atoms with Crippen molar-refractivity contribution in [1.29, 1.82) is 0 Å². The number of rotatable bonds is 5. The van der Waals surface area contributed by atoms with E-state index in [0.717, 1.165) is 25.8 Å². The van der Waals surface area contributed by atoms with Crippen LogP contribution in [-0.2, 0) is 4.79 Å². The molecule has 1 fully saturated rings. The molecule has 0 aliphatic heterocycles. The van der Waals surface area contributed by atoms with Gasteiger partial charge < -0.3 is 10.0 Å². The molecule has 1 saturated carbocycles. The second-order valence-corrected chi connectivity index (χ2v) is 7.91. The number of carbonyl (C=O) groups is 1. The molecule has 0 aromatic heterocycles. The molecule has 118 valence electrons. The first-order valence-electron chi connectivity index (χ1n) is 7.77. The Morgan fingerprint density at radius 1 is 1.45 bits per heavy atom. The van der Waals surface area contributed by atoms with Gasteiger partial charge in [-0.1, -0.05) is 20.8 Å². The molecule has 2 unspecified atom stereocenters. The van der Waals surface area contributed by atoms with Crippen LogP contribution >= 0.6 is 0 Å². The van der Waals surface area contributed by atoms with Crippen molar-refractivity contribution in [1.82, 2.24) is 10.2 Å². The minimum atomic E-state index is -0.747. The van der Waals surface area contributed by atoms with Crippen LogP contribution in [0.2, 0.25) is 0 Å². The molecule has 0 aromatic carbocycles. The summed E-state index contributed by atoms with van der Waals surface area (Å²) in [5.74, 6) is -0.694. The Morgan fingerprint density at radius 3 is 2.50 bits per heavy atom. The predicted molar refractivity (Wildman–Crippen MR) is 83.0 cm³/mol. The number of hydrogen-bond donors (Lipinski definition) is 2. The van der Waals surface area contributed by atoms with Crippen molar-refractivity contribution in [3.05, 3.63) is 0 Å². The first kappa shape index (κ1) is 17.4. The highest BCUT2D eigenvalue weighted by atomic mass is 16.4. The summed E-state index contributed by atoms with van der Waals surface area (Å²) in [7, 11) is 2.13. The van der Waals surface area contributed by atoms with Gasteiger partial charge in [0.25, 0.3) is 0 Å². The van der Waals surface area contributed by atoms with Crippen molar-refractivity contribution in [3.63, 3.8) is 0 Å². The number of carboxylic acids is 1. The molecule has 0 amide bonds. The number of carboxylic acid groups (broad SMARTS) is 1. The standard InChI is InChI=1S/C16H32N2O2/c1-12(2)17-16(14(19)20)9-7-8-13(10-16)18(6)11-15(3,4)5/h12-13,17H,7-11H2,1-6H3,(H,19,20). The highest BCUT2D eigenvalue weighted by molar-refractivity contribution is 5.79. The molecule has 1 aliphatic rings. The summed E-state index contributed by atoms with van der Waals surface area (Å²) in [4.78, 5) is 14.1. The second-order valence-electron chi connectivity index (χ2n) is 7.91. The molecule has 20 heavy (non-hydrogen) atoms. The first-order valence-corrected chi connectivity index (χ1v) is 7.77. The summed E-state index contributed by atoms with van der Waals surface area (Å²) >= 11 is 0. The van der Waals surface area contributed by atoms with Crippen molar-refractivity contribution in [2.75, 3.05) is 13.6 Å². The summed E-state index contributed by atoms with van der Waals surface area (Å²) in [5, 5.41) is 13.0. The van der Waals surface area contributed by atoms with Crippen LogP contribution < -0.4 is 5.32 Å². The van der Waals surface area contributed by atoms with Crippen LogP contribution in [0.15, 0.2) is 0 Å². The predicted octanol–water partition coefficient (Wildman–Crippen LogP) is 2.73. The zero-order chi connectivity index (χ0) is 15.6. The van der Waals surface area contributed by atoms with Gasteiger partial charge in [0, 0.05) is 18.6 Å². The van der Waals surface area contributed by atoms with E-state index in [2.05, 4.69) is 38.0 Å². The van der Waals surface area contributed by atoms with Crippen molar-refractivity contribution in [2.24, 2.45) is 5.41 Å². The van der Waals surface area contributed by atoms with Gasteiger partial charge in [-0.15, -0.1) is 0 Å².